The molecule has 0 aliphatic heterocycles. The van der Waals surface area contributed by atoms with E-state index in [1.807, 2.05) is 36.4 Å². The molecule has 0 atom stereocenters. The number of anilines is 1. The predicted molar refractivity (Wildman–Crippen MR) is 89.1 cm³/mol. The third-order valence-corrected chi connectivity index (χ3v) is 4.34. The lowest BCUT2D eigenvalue weighted by molar-refractivity contribution is 0.373. The average molecular weight is 297 g/mol. The molecule has 22 heavy (non-hydrogen) atoms. The maximum Gasteiger partial charge on any atom is 0.148 e. The summed E-state index contributed by atoms with van der Waals surface area (Å²) in [5, 5.41) is 12.0. The molecule has 1 heterocycles. The maximum absolute atomic E-state index is 5.37. The maximum atomic E-state index is 5.37. The zero-order valence-corrected chi connectivity index (χ0v) is 13.1. The van der Waals surface area contributed by atoms with Crippen LogP contribution in [0.25, 0.3) is 11.3 Å². The SMILES string of the molecule is COc1ccccc1-c1ccc(NCC2CCCCC2)nn1. The van der Waals surface area contributed by atoms with Crippen LogP contribution in [-0.4, -0.2) is 23.9 Å². The van der Waals surface area contributed by atoms with Crippen LogP contribution < -0.4 is 10.1 Å². The van der Waals surface area contributed by atoms with E-state index in [1.54, 1.807) is 7.11 Å². The van der Waals surface area contributed by atoms with E-state index in [2.05, 4.69) is 15.5 Å². The van der Waals surface area contributed by atoms with E-state index in [4.69, 9.17) is 4.74 Å². The highest BCUT2D eigenvalue weighted by Gasteiger charge is 2.13. The van der Waals surface area contributed by atoms with Gasteiger partial charge >= 0.3 is 0 Å². The van der Waals surface area contributed by atoms with Gasteiger partial charge in [-0.2, -0.15) is 0 Å². The number of ether oxygens (including phenoxy) is 1. The number of hydrogen-bond acceptors (Lipinski definition) is 4. The lowest BCUT2D eigenvalue weighted by Crippen LogP contribution is -2.17. The fraction of sp³-hybridized carbons (Fsp3) is 0.444. The van der Waals surface area contributed by atoms with Crippen LogP contribution in [0, 0.1) is 5.92 Å². The molecule has 116 valence electrons. The molecule has 0 saturated heterocycles. The van der Waals surface area contributed by atoms with Gasteiger partial charge in [0.05, 0.1) is 12.8 Å². The molecule has 4 heteroatoms. The summed E-state index contributed by atoms with van der Waals surface area (Å²) in [4.78, 5) is 0. The van der Waals surface area contributed by atoms with Crippen LogP contribution in [-0.2, 0) is 0 Å². The second kappa shape index (κ2) is 7.25. The van der Waals surface area contributed by atoms with Gasteiger partial charge in [-0.05, 0) is 43.0 Å². The first kappa shape index (κ1) is 14.8. The number of aromatic nitrogens is 2. The van der Waals surface area contributed by atoms with Crippen LogP contribution in [0.1, 0.15) is 32.1 Å². The van der Waals surface area contributed by atoms with Crippen LogP contribution in [0.15, 0.2) is 36.4 Å². The lowest BCUT2D eigenvalue weighted by atomic mass is 9.89. The average Bonchev–Trinajstić information content (AvgIpc) is 2.61. The zero-order chi connectivity index (χ0) is 15.2. The molecule has 1 aliphatic carbocycles. The quantitative estimate of drug-likeness (QED) is 0.901. The number of benzene rings is 1. The van der Waals surface area contributed by atoms with Crippen molar-refractivity contribution in [3.8, 4) is 17.0 Å². The summed E-state index contributed by atoms with van der Waals surface area (Å²) in [7, 11) is 1.67. The molecule has 2 aromatic rings. The molecule has 3 rings (SSSR count). The van der Waals surface area contributed by atoms with Crippen molar-refractivity contribution in [1.82, 2.24) is 10.2 Å². The Balaban J connectivity index is 1.64. The molecule has 1 aromatic heterocycles. The standard InChI is InChI=1S/C18H23N3O/c1-22-17-10-6-5-9-15(17)16-11-12-18(21-20-16)19-13-14-7-3-2-4-8-14/h5-6,9-12,14H,2-4,7-8,13H2,1H3,(H,19,21). The van der Waals surface area contributed by atoms with Gasteiger partial charge in [0, 0.05) is 12.1 Å². The number of nitrogens with zero attached hydrogens (tertiary/aromatic N) is 2. The van der Waals surface area contributed by atoms with Crippen LogP contribution in [0.5, 0.6) is 5.75 Å². The molecule has 1 saturated carbocycles. The highest BCUT2D eigenvalue weighted by atomic mass is 16.5. The Hall–Kier alpha value is -2.10. The van der Waals surface area contributed by atoms with Crippen molar-refractivity contribution >= 4 is 5.82 Å². The van der Waals surface area contributed by atoms with Crippen LogP contribution in [0.4, 0.5) is 5.82 Å². The van der Waals surface area contributed by atoms with Gasteiger partial charge in [0.25, 0.3) is 0 Å². The Morgan fingerprint density at radius 3 is 2.59 bits per heavy atom. The number of methoxy groups -OCH3 is 1. The third kappa shape index (κ3) is 3.56. The van der Waals surface area contributed by atoms with Gasteiger partial charge in [0.2, 0.25) is 0 Å². The van der Waals surface area contributed by atoms with Crippen molar-refractivity contribution in [1.29, 1.82) is 0 Å². The number of rotatable bonds is 5. The van der Waals surface area contributed by atoms with E-state index in [-0.39, 0.29) is 0 Å². The summed E-state index contributed by atoms with van der Waals surface area (Å²) >= 11 is 0. The smallest absolute Gasteiger partial charge is 0.148 e. The van der Waals surface area contributed by atoms with Gasteiger partial charge in [0.1, 0.15) is 11.6 Å². The second-order valence-corrected chi connectivity index (χ2v) is 5.89. The van der Waals surface area contributed by atoms with E-state index in [9.17, 15) is 0 Å². The monoisotopic (exact) mass is 297 g/mol. The number of nitrogens with one attached hydrogen (secondary N) is 1. The second-order valence-electron chi connectivity index (χ2n) is 5.89. The Kier molecular flexibility index (Phi) is 4.88. The summed E-state index contributed by atoms with van der Waals surface area (Å²) < 4.78 is 5.37. The Morgan fingerprint density at radius 1 is 1.05 bits per heavy atom. The minimum atomic E-state index is 0.782. The van der Waals surface area contributed by atoms with Gasteiger partial charge in [-0.1, -0.05) is 31.4 Å². The van der Waals surface area contributed by atoms with Gasteiger partial charge in [-0.3, -0.25) is 0 Å². The van der Waals surface area contributed by atoms with E-state index >= 15 is 0 Å². The molecule has 0 unspecified atom stereocenters. The molecule has 0 amide bonds. The fourth-order valence-electron chi connectivity index (χ4n) is 3.07. The van der Waals surface area contributed by atoms with Gasteiger partial charge < -0.3 is 10.1 Å². The first-order valence-corrected chi connectivity index (χ1v) is 8.08. The first-order chi connectivity index (χ1) is 10.9. The fourth-order valence-corrected chi connectivity index (χ4v) is 3.07. The van der Waals surface area contributed by atoms with Crippen molar-refractivity contribution in [3.63, 3.8) is 0 Å². The van der Waals surface area contributed by atoms with Gasteiger partial charge in [-0.25, -0.2) is 0 Å². The number of para-hydroxylation sites is 1. The molecular formula is C18H23N3O. The highest BCUT2D eigenvalue weighted by molar-refractivity contribution is 5.67. The number of hydrogen-bond donors (Lipinski definition) is 1. The van der Waals surface area contributed by atoms with Crippen molar-refractivity contribution < 1.29 is 4.74 Å². The summed E-state index contributed by atoms with van der Waals surface area (Å²) in [6, 6.07) is 11.9. The topological polar surface area (TPSA) is 47.0 Å². The molecule has 0 bridgehead atoms. The van der Waals surface area contributed by atoms with Crippen LogP contribution >= 0.6 is 0 Å². The largest absolute Gasteiger partial charge is 0.496 e. The highest BCUT2D eigenvalue weighted by Crippen LogP contribution is 2.28. The lowest BCUT2D eigenvalue weighted by Gasteiger charge is -2.21. The minimum Gasteiger partial charge on any atom is -0.496 e. The summed E-state index contributed by atoms with van der Waals surface area (Å²) in [5.74, 6) is 2.45. The molecule has 1 aromatic carbocycles. The van der Waals surface area contributed by atoms with Gasteiger partial charge in [-0.15, -0.1) is 10.2 Å². The first-order valence-electron chi connectivity index (χ1n) is 8.08. The Bertz CT molecular complexity index is 592. The van der Waals surface area contributed by atoms with Gasteiger partial charge in [0.15, 0.2) is 0 Å². The van der Waals surface area contributed by atoms with E-state index in [0.717, 1.165) is 35.3 Å². The van der Waals surface area contributed by atoms with Crippen molar-refractivity contribution in [3.05, 3.63) is 36.4 Å². The molecular weight excluding hydrogens is 274 g/mol. The Morgan fingerprint density at radius 2 is 1.86 bits per heavy atom. The molecule has 0 spiro atoms. The summed E-state index contributed by atoms with van der Waals surface area (Å²) in [6.45, 7) is 1.00. The molecule has 1 N–H and O–H groups in total. The molecule has 0 radical (unpaired) electrons. The third-order valence-electron chi connectivity index (χ3n) is 4.34. The summed E-state index contributed by atoms with van der Waals surface area (Å²) in [5.41, 5.74) is 1.80. The van der Waals surface area contributed by atoms with Crippen LogP contribution in [0.2, 0.25) is 0 Å². The van der Waals surface area contributed by atoms with E-state index < -0.39 is 0 Å². The molecule has 1 aliphatic rings. The minimum absolute atomic E-state index is 0.782. The van der Waals surface area contributed by atoms with E-state index in [0.29, 0.717) is 0 Å². The predicted octanol–water partition coefficient (Wildman–Crippen LogP) is 4.14. The van der Waals surface area contributed by atoms with Crippen molar-refractivity contribution in [2.75, 3.05) is 19.0 Å². The normalized spacial score (nSPS) is 15.5. The van der Waals surface area contributed by atoms with Crippen molar-refractivity contribution in [2.24, 2.45) is 5.92 Å². The molecule has 4 nitrogen and oxygen atoms in total. The van der Waals surface area contributed by atoms with E-state index in [1.165, 1.54) is 32.1 Å². The molecule has 1 fully saturated rings. The van der Waals surface area contributed by atoms with Crippen LogP contribution in [0.3, 0.4) is 0 Å². The zero-order valence-electron chi connectivity index (χ0n) is 13.1. The van der Waals surface area contributed by atoms with Crippen molar-refractivity contribution in [2.45, 2.75) is 32.1 Å². The Labute approximate surface area is 131 Å². The summed E-state index contributed by atoms with van der Waals surface area (Å²) in [6.07, 6.45) is 6.79.